The summed E-state index contributed by atoms with van der Waals surface area (Å²) in [4.78, 5) is 31.6. The van der Waals surface area contributed by atoms with E-state index in [-0.39, 0.29) is 24.0 Å². The number of nitrogens with one attached hydrogen (secondary N) is 1. The summed E-state index contributed by atoms with van der Waals surface area (Å²) in [5.74, 6) is -0.858. The molecule has 3 aromatic rings. The Morgan fingerprint density at radius 3 is 2.69 bits per heavy atom. The van der Waals surface area contributed by atoms with Gasteiger partial charge in [0.05, 0.1) is 23.0 Å². The number of amides is 2. The van der Waals surface area contributed by atoms with Crippen molar-refractivity contribution < 1.29 is 18.7 Å². The van der Waals surface area contributed by atoms with Gasteiger partial charge in [-0.05, 0) is 55.0 Å². The summed E-state index contributed by atoms with van der Waals surface area (Å²) in [7, 11) is 1.58. The van der Waals surface area contributed by atoms with Crippen molar-refractivity contribution in [1.29, 1.82) is 5.26 Å². The maximum absolute atomic E-state index is 13.3. The number of likely N-dealkylation sites (N-methyl/N-ethyl adjacent to an activating group) is 1. The first-order valence-electron chi connectivity index (χ1n) is 9.86. The molecular formula is C24H19FN4O3. The van der Waals surface area contributed by atoms with Crippen molar-refractivity contribution in [2.45, 2.75) is 13.0 Å². The van der Waals surface area contributed by atoms with Gasteiger partial charge in [0.2, 0.25) is 0 Å². The molecule has 8 heteroatoms. The zero-order chi connectivity index (χ0) is 22.8. The van der Waals surface area contributed by atoms with Crippen molar-refractivity contribution in [3.63, 3.8) is 0 Å². The van der Waals surface area contributed by atoms with E-state index in [1.807, 2.05) is 13.0 Å². The number of ether oxygens (including phenoxy) is 1. The molecule has 0 saturated carbocycles. The molecule has 1 N–H and O–H groups in total. The van der Waals surface area contributed by atoms with Crippen LogP contribution in [0.15, 0.2) is 54.6 Å². The number of pyridine rings is 1. The van der Waals surface area contributed by atoms with Crippen LogP contribution in [0.4, 0.5) is 10.1 Å². The van der Waals surface area contributed by atoms with Crippen LogP contribution in [0.25, 0.3) is 11.3 Å². The molecule has 1 unspecified atom stereocenters. The van der Waals surface area contributed by atoms with E-state index in [9.17, 15) is 14.0 Å². The molecule has 1 aromatic heterocycles. The van der Waals surface area contributed by atoms with E-state index in [1.54, 1.807) is 49.5 Å². The number of fused-ring (bicyclic) bond motifs is 1. The van der Waals surface area contributed by atoms with Gasteiger partial charge in [-0.1, -0.05) is 6.07 Å². The van der Waals surface area contributed by atoms with E-state index in [0.29, 0.717) is 28.3 Å². The molecule has 1 aliphatic heterocycles. The molecule has 0 spiro atoms. The Morgan fingerprint density at radius 2 is 1.97 bits per heavy atom. The number of carbonyl (C=O) groups excluding carboxylic acids is 2. The third kappa shape index (κ3) is 4.01. The van der Waals surface area contributed by atoms with E-state index >= 15 is 0 Å². The fourth-order valence-electron chi connectivity index (χ4n) is 3.46. The lowest BCUT2D eigenvalue weighted by molar-refractivity contribution is -0.120. The topological polar surface area (TPSA) is 95.3 Å². The third-order valence-corrected chi connectivity index (χ3v) is 5.24. The number of rotatable bonds is 3. The number of hydrogen-bond donors (Lipinski definition) is 1. The highest BCUT2D eigenvalue weighted by Gasteiger charge is 2.31. The number of nitrogens with zero attached hydrogens (tertiary/aromatic N) is 3. The average Bonchev–Trinajstić information content (AvgIpc) is 2.91. The van der Waals surface area contributed by atoms with Crippen LogP contribution in [0.3, 0.4) is 0 Å². The van der Waals surface area contributed by atoms with Crippen LogP contribution in [0.2, 0.25) is 0 Å². The lowest BCUT2D eigenvalue weighted by Gasteiger charge is -2.20. The SMILES string of the molecule is Cc1ccc(C(=O)NC2COc3cc(C#N)ccc3N(C)C2=O)nc1-c1ccc(F)cc1. The Hall–Kier alpha value is -4.25. The molecule has 32 heavy (non-hydrogen) atoms. The highest BCUT2D eigenvalue weighted by atomic mass is 19.1. The Kier molecular flexibility index (Phi) is 5.56. The van der Waals surface area contributed by atoms with Crippen LogP contribution < -0.4 is 15.0 Å². The molecule has 7 nitrogen and oxygen atoms in total. The van der Waals surface area contributed by atoms with Crippen molar-refractivity contribution in [2.75, 3.05) is 18.6 Å². The summed E-state index contributed by atoms with van der Waals surface area (Å²) in [6.07, 6.45) is 0. The van der Waals surface area contributed by atoms with E-state index in [4.69, 9.17) is 10.00 Å². The number of aryl methyl sites for hydroxylation is 1. The van der Waals surface area contributed by atoms with Crippen LogP contribution in [0.5, 0.6) is 5.75 Å². The molecule has 160 valence electrons. The molecule has 4 rings (SSSR count). The lowest BCUT2D eigenvalue weighted by atomic mass is 10.1. The number of hydrogen-bond acceptors (Lipinski definition) is 5. The van der Waals surface area contributed by atoms with E-state index in [0.717, 1.165) is 5.56 Å². The fourth-order valence-corrected chi connectivity index (χ4v) is 3.46. The Labute approximate surface area is 184 Å². The van der Waals surface area contributed by atoms with E-state index in [2.05, 4.69) is 10.3 Å². The fraction of sp³-hybridized carbons (Fsp3) is 0.167. The van der Waals surface area contributed by atoms with Gasteiger partial charge in [-0.15, -0.1) is 0 Å². The minimum absolute atomic E-state index is 0.0898. The van der Waals surface area contributed by atoms with Crippen LogP contribution in [0, 0.1) is 24.1 Å². The van der Waals surface area contributed by atoms with Crippen molar-refractivity contribution in [3.8, 4) is 23.1 Å². The molecular weight excluding hydrogens is 411 g/mol. The molecule has 2 heterocycles. The van der Waals surface area contributed by atoms with Gasteiger partial charge in [0.15, 0.2) is 0 Å². The highest BCUT2D eigenvalue weighted by Crippen LogP contribution is 2.31. The van der Waals surface area contributed by atoms with Gasteiger partial charge >= 0.3 is 0 Å². The summed E-state index contributed by atoms with van der Waals surface area (Å²) in [5, 5.41) is 11.8. The van der Waals surface area contributed by atoms with Crippen molar-refractivity contribution in [2.24, 2.45) is 0 Å². The number of carbonyl (C=O) groups is 2. The smallest absolute Gasteiger partial charge is 0.270 e. The molecule has 1 atom stereocenters. The Morgan fingerprint density at radius 1 is 1.22 bits per heavy atom. The molecule has 1 aliphatic rings. The largest absolute Gasteiger partial charge is 0.489 e. The van der Waals surface area contributed by atoms with Gasteiger partial charge in [-0.25, -0.2) is 9.37 Å². The first kappa shape index (κ1) is 21.0. The van der Waals surface area contributed by atoms with Crippen LogP contribution >= 0.6 is 0 Å². The summed E-state index contributed by atoms with van der Waals surface area (Å²) in [5.41, 5.74) is 3.09. The third-order valence-electron chi connectivity index (χ3n) is 5.24. The second kappa shape index (κ2) is 8.47. The molecule has 0 radical (unpaired) electrons. The van der Waals surface area contributed by atoms with Gasteiger partial charge in [-0.3, -0.25) is 9.59 Å². The van der Waals surface area contributed by atoms with E-state index < -0.39 is 11.9 Å². The summed E-state index contributed by atoms with van der Waals surface area (Å²) in [6.45, 7) is 1.76. The van der Waals surface area contributed by atoms with Gasteiger partial charge in [0.1, 0.15) is 29.9 Å². The first-order chi connectivity index (χ1) is 15.4. The standard InChI is InChI=1S/C24H19FN4O3/c1-14-3-9-18(27-22(14)16-5-7-17(25)8-6-16)23(30)28-19-13-32-21-11-15(12-26)4-10-20(21)29(2)24(19)31/h3-11,19H,13H2,1-2H3,(H,28,30). The first-order valence-corrected chi connectivity index (χ1v) is 9.86. The predicted molar refractivity (Wildman–Crippen MR) is 116 cm³/mol. The number of halogens is 1. The number of aromatic nitrogens is 1. The van der Waals surface area contributed by atoms with Crippen LogP contribution in [0.1, 0.15) is 21.6 Å². The molecule has 0 aliphatic carbocycles. The van der Waals surface area contributed by atoms with Gasteiger partial charge in [0, 0.05) is 18.7 Å². The normalized spacial score (nSPS) is 15.2. The zero-order valence-corrected chi connectivity index (χ0v) is 17.4. The molecule has 2 aromatic carbocycles. The number of benzene rings is 2. The van der Waals surface area contributed by atoms with Gasteiger partial charge < -0.3 is 15.0 Å². The van der Waals surface area contributed by atoms with Crippen molar-refractivity contribution in [3.05, 3.63) is 77.2 Å². The summed E-state index contributed by atoms with van der Waals surface area (Å²) < 4.78 is 19.0. The van der Waals surface area contributed by atoms with Crippen LogP contribution in [-0.2, 0) is 4.79 Å². The lowest BCUT2D eigenvalue weighted by Crippen LogP contribution is -2.49. The quantitative estimate of drug-likeness (QED) is 0.688. The molecule has 0 fully saturated rings. The van der Waals surface area contributed by atoms with Crippen molar-refractivity contribution in [1.82, 2.24) is 10.3 Å². The minimum Gasteiger partial charge on any atom is -0.489 e. The predicted octanol–water partition coefficient (Wildman–Crippen LogP) is 3.22. The maximum Gasteiger partial charge on any atom is 0.270 e. The van der Waals surface area contributed by atoms with Crippen molar-refractivity contribution >= 4 is 17.5 Å². The average molecular weight is 430 g/mol. The van der Waals surface area contributed by atoms with Crippen LogP contribution in [-0.4, -0.2) is 36.5 Å². The minimum atomic E-state index is -0.942. The highest BCUT2D eigenvalue weighted by molar-refractivity contribution is 6.03. The molecule has 0 saturated heterocycles. The number of nitriles is 1. The Bertz CT molecular complexity index is 1250. The maximum atomic E-state index is 13.3. The Balaban J connectivity index is 1.56. The monoisotopic (exact) mass is 430 g/mol. The van der Waals surface area contributed by atoms with Gasteiger partial charge in [0.25, 0.3) is 11.8 Å². The van der Waals surface area contributed by atoms with E-state index in [1.165, 1.54) is 17.0 Å². The zero-order valence-electron chi connectivity index (χ0n) is 17.4. The summed E-state index contributed by atoms with van der Waals surface area (Å²) in [6, 6.07) is 15.0. The molecule has 2 amide bonds. The second-order valence-corrected chi connectivity index (χ2v) is 7.40. The summed E-state index contributed by atoms with van der Waals surface area (Å²) >= 11 is 0. The number of anilines is 1. The second-order valence-electron chi connectivity index (χ2n) is 7.40. The molecule has 0 bridgehead atoms. The van der Waals surface area contributed by atoms with Gasteiger partial charge in [-0.2, -0.15) is 5.26 Å².